The number of amides is 3. The number of carbonyl (C=O) groups excluding carboxylic acids is 4. The molecule has 46 heavy (non-hydrogen) atoms. The number of carbonyl (C=O) groups is 4. The van der Waals surface area contributed by atoms with E-state index >= 15 is 0 Å². The van der Waals surface area contributed by atoms with E-state index < -0.39 is 33.9 Å². The molecule has 0 bridgehead atoms. The quantitative estimate of drug-likeness (QED) is 0.196. The highest BCUT2D eigenvalue weighted by atomic mass is 32.2. The minimum Gasteiger partial charge on any atom is -0.463 e. The lowest BCUT2D eigenvalue weighted by molar-refractivity contribution is -0.147. The van der Waals surface area contributed by atoms with E-state index in [1.165, 1.54) is 16.1 Å². The van der Waals surface area contributed by atoms with Crippen LogP contribution in [0.2, 0.25) is 0 Å². The molecule has 3 atom stereocenters. The van der Waals surface area contributed by atoms with E-state index in [-0.39, 0.29) is 50.0 Å². The maximum Gasteiger partial charge on any atom is 0.302 e. The van der Waals surface area contributed by atoms with E-state index in [2.05, 4.69) is 22.1 Å². The lowest BCUT2D eigenvalue weighted by Gasteiger charge is -2.37. The van der Waals surface area contributed by atoms with Crippen LogP contribution >= 0.6 is 0 Å². The lowest BCUT2D eigenvalue weighted by Crippen LogP contribution is -2.56. The monoisotopic (exact) mass is 662 g/mol. The number of likely N-dealkylation sites (tertiary alicyclic amines) is 2. The summed E-state index contributed by atoms with van der Waals surface area (Å²) in [5.41, 5.74) is 6.42. The average Bonchev–Trinajstić information content (AvgIpc) is 3.51. The summed E-state index contributed by atoms with van der Waals surface area (Å²) in [6.07, 6.45) is 6.60. The highest BCUT2D eigenvalue weighted by molar-refractivity contribution is 7.88. The number of sulfonamides is 1. The average molecular weight is 663 g/mol. The molecule has 2 aliphatic rings. The van der Waals surface area contributed by atoms with E-state index in [1.807, 2.05) is 30.3 Å². The third-order valence-corrected chi connectivity index (χ3v) is 9.93. The first kappa shape index (κ1) is 37.2. The van der Waals surface area contributed by atoms with Crippen molar-refractivity contribution in [2.45, 2.75) is 96.2 Å². The summed E-state index contributed by atoms with van der Waals surface area (Å²) in [6, 6.07) is 7.52. The van der Waals surface area contributed by atoms with Gasteiger partial charge in [-0.15, -0.1) is 5.11 Å². The molecule has 0 aromatic heterocycles. The van der Waals surface area contributed by atoms with Crippen molar-refractivity contribution in [1.29, 1.82) is 0 Å². The summed E-state index contributed by atoms with van der Waals surface area (Å²) in [4.78, 5) is 53.2. The van der Waals surface area contributed by atoms with Gasteiger partial charge < -0.3 is 15.4 Å². The maximum atomic E-state index is 13.9. The Labute approximate surface area is 272 Å². The minimum absolute atomic E-state index is 0.00228. The Morgan fingerprint density at radius 3 is 2.37 bits per heavy atom. The number of ether oxygens (including phenoxy) is 1. The van der Waals surface area contributed by atoms with E-state index in [1.54, 1.807) is 0 Å². The van der Waals surface area contributed by atoms with Crippen LogP contribution in [0.4, 0.5) is 0 Å². The smallest absolute Gasteiger partial charge is 0.302 e. The van der Waals surface area contributed by atoms with E-state index in [0.29, 0.717) is 58.2 Å². The molecule has 0 aliphatic carbocycles. The molecule has 3 rings (SSSR count). The van der Waals surface area contributed by atoms with Gasteiger partial charge in [0, 0.05) is 39.5 Å². The summed E-state index contributed by atoms with van der Waals surface area (Å²) in [5, 5.41) is 7.91. The Balaban J connectivity index is 1.60. The molecular formula is C32H50N6O7S. The maximum absolute atomic E-state index is 13.9. The molecule has 2 N–H and O–H groups in total. The fourth-order valence-corrected chi connectivity index (χ4v) is 7.30. The van der Waals surface area contributed by atoms with Crippen LogP contribution in [0.15, 0.2) is 40.6 Å². The van der Waals surface area contributed by atoms with Crippen molar-refractivity contribution in [2.24, 2.45) is 21.9 Å². The number of unbranched alkanes of at least 4 members (excludes halogenated alkanes) is 1. The normalized spacial score (nSPS) is 19.4. The Kier molecular flexibility index (Phi) is 14.7. The molecular weight excluding hydrogens is 612 g/mol. The number of hydrogen-bond donors (Lipinski definition) is 1. The van der Waals surface area contributed by atoms with E-state index in [9.17, 15) is 27.6 Å². The van der Waals surface area contributed by atoms with Gasteiger partial charge in [0.15, 0.2) is 0 Å². The highest BCUT2D eigenvalue weighted by Gasteiger charge is 2.41. The molecule has 13 nitrogen and oxygen atoms in total. The van der Waals surface area contributed by atoms with Crippen molar-refractivity contribution < 1.29 is 32.3 Å². The number of primary amides is 1. The van der Waals surface area contributed by atoms with Gasteiger partial charge in [-0.1, -0.05) is 50.1 Å². The second-order valence-corrected chi connectivity index (χ2v) is 14.3. The van der Waals surface area contributed by atoms with Crippen molar-refractivity contribution in [1.82, 2.24) is 14.1 Å². The molecule has 2 heterocycles. The van der Waals surface area contributed by atoms with Crippen molar-refractivity contribution in [3.63, 3.8) is 0 Å². The Morgan fingerprint density at radius 1 is 1.07 bits per heavy atom. The predicted molar refractivity (Wildman–Crippen MR) is 173 cm³/mol. The number of nitrogens with zero attached hydrogens (tertiary/aromatic N) is 5. The van der Waals surface area contributed by atoms with Gasteiger partial charge in [-0.05, 0) is 56.4 Å². The third kappa shape index (κ3) is 11.8. The van der Waals surface area contributed by atoms with Gasteiger partial charge in [0.25, 0.3) is 5.91 Å². The van der Waals surface area contributed by atoms with E-state index in [4.69, 9.17) is 10.5 Å². The summed E-state index contributed by atoms with van der Waals surface area (Å²) in [7, 11) is -3.80. The molecule has 3 amide bonds. The van der Waals surface area contributed by atoms with Gasteiger partial charge in [0.2, 0.25) is 21.8 Å². The Bertz CT molecular complexity index is 1300. The molecule has 2 aliphatic heterocycles. The molecule has 0 spiro atoms. The zero-order valence-electron chi connectivity index (χ0n) is 27.4. The number of azo groups is 1. The molecule has 0 saturated carbocycles. The molecule has 1 unspecified atom stereocenters. The molecule has 1 aromatic rings. The fourth-order valence-electron chi connectivity index (χ4n) is 6.19. The Hall–Kier alpha value is -3.23. The molecule has 256 valence electrons. The van der Waals surface area contributed by atoms with Gasteiger partial charge >= 0.3 is 5.97 Å². The Morgan fingerprint density at radius 2 is 1.76 bits per heavy atom. The standard InChI is InChI=1S/C32H50N6O7S/c1-4-5-12-27(45-24(2)39)14-15-30(40)35-34-23-36-19-16-26(17-20-36)22-38(46(3,43)44)29(21-25-10-7-6-8-11-25)32(42)37-18-9-13-28(37)31(33)41/h6-8,10-11,26-29H,4-5,9,12-23H2,1-3H3,(H2,33,41)/t27?,28-,29+/m0/s1. The predicted octanol–water partition coefficient (Wildman–Crippen LogP) is 2.89. The van der Waals surface area contributed by atoms with Gasteiger partial charge in [-0.25, -0.2) is 8.42 Å². The van der Waals surface area contributed by atoms with Crippen molar-refractivity contribution >= 4 is 33.7 Å². The molecule has 1 aromatic carbocycles. The van der Waals surface area contributed by atoms with Crippen molar-refractivity contribution in [2.75, 3.05) is 39.1 Å². The first-order chi connectivity index (χ1) is 21.9. The zero-order chi connectivity index (χ0) is 33.7. The zero-order valence-corrected chi connectivity index (χ0v) is 28.2. The van der Waals surface area contributed by atoms with Gasteiger partial charge in [-0.2, -0.15) is 9.42 Å². The summed E-state index contributed by atoms with van der Waals surface area (Å²) in [6.45, 7) is 5.46. The van der Waals surface area contributed by atoms with Crippen LogP contribution < -0.4 is 5.73 Å². The fraction of sp³-hybridized carbons (Fsp3) is 0.688. The third-order valence-electron chi connectivity index (χ3n) is 8.68. The summed E-state index contributed by atoms with van der Waals surface area (Å²) < 4.78 is 33.0. The molecule has 14 heteroatoms. The first-order valence-corrected chi connectivity index (χ1v) is 18.1. The van der Waals surface area contributed by atoms with Crippen molar-refractivity contribution in [3.8, 4) is 0 Å². The SMILES string of the molecule is CCCCC(CCC(=O)N=NCN1CCC(CN([C@H](Cc2ccccc2)C(=O)N2CCC[C@H]2C(N)=O)S(C)(=O)=O)CC1)OC(C)=O. The summed E-state index contributed by atoms with van der Waals surface area (Å²) >= 11 is 0. The number of benzene rings is 1. The van der Waals surface area contributed by atoms with Crippen LogP contribution in [0.3, 0.4) is 0 Å². The second-order valence-electron chi connectivity index (χ2n) is 12.4. The number of rotatable bonds is 17. The topological polar surface area (TPSA) is 172 Å². The van der Waals surface area contributed by atoms with Crippen LogP contribution in [0.25, 0.3) is 0 Å². The highest BCUT2D eigenvalue weighted by Crippen LogP contribution is 2.26. The van der Waals surface area contributed by atoms with Gasteiger partial charge in [-0.3, -0.25) is 24.1 Å². The van der Waals surface area contributed by atoms with Crippen LogP contribution in [0.5, 0.6) is 0 Å². The molecule has 0 radical (unpaired) electrons. The van der Waals surface area contributed by atoms with Crippen LogP contribution in [-0.4, -0.2) is 104 Å². The van der Waals surface area contributed by atoms with Gasteiger partial charge in [0.05, 0.1) is 6.26 Å². The summed E-state index contributed by atoms with van der Waals surface area (Å²) in [5.74, 6) is -1.71. The number of hydrogen-bond acceptors (Lipinski definition) is 9. The largest absolute Gasteiger partial charge is 0.463 e. The molecule has 2 fully saturated rings. The van der Waals surface area contributed by atoms with E-state index in [0.717, 1.165) is 24.7 Å². The second kappa shape index (κ2) is 18.2. The van der Waals surface area contributed by atoms with Gasteiger partial charge in [0.1, 0.15) is 24.9 Å². The molecule has 2 saturated heterocycles. The van der Waals surface area contributed by atoms with Crippen LogP contribution in [0, 0.1) is 5.92 Å². The lowest BCUT2D eigenvalue weighted by atomic mass is 9.96. The van der Waals surface area contributed by atoms with Crippen LogP contribution in [-0.2, 0) is 40.4 Å². The van der Waals surface area contributed by atoms with Crippen molar-refractivity contribution in [3.05, 3.63) is 35.9 Å². The first-order valence-electron chi connectivity index (χ1n) is 16.3. The minimum atomic E-state index is -3.80. The number of nitrogens with two attached hydrogens (primary N) is 1. The number of esters is 1. The number of piperidine rings is 1. The van der Waals surface area contributed by atoms with Crippen LogP contribution in [0.1, 0.15) is 77.2 Å².